The number of para-hydroxylation sites is 4. The fraction of sp³-hybridized carbons (Fsp3) is 0.368. The van der Waals surface area contributed by atoms with E-state index in [4.69, 9.17) is 0 Å². The molecule has 4 aliphatic rings. The highest BCUT2D eigenvalue weighted by molar-refractivity contribution is 6.45. The Morgan fingerprint density at radius 2 is 0.434 bits per heavy atom. The van der Waals surface area contributed by atoms with Gasteiger partial charge >= 0.3 is 0 Å². The van der Waals surface area contributed by atoms with E-state index >= 15 is 19.2 Å². The van der Waals surface area contributed by atoms with Crippen molar-refractivity contribution in [2.75, 3.05) is 19.6 Å². The molecular weight excluding hydrogens is 1490 g/mol. The highest BCUT2D eigenvalue weighted by Crippen LogP contribution is 2.60. The number of hydrogen-bond acceptors (Lipinski definition) is 6. The third-order valence-electron chi connectivity index (χ3n) is 28.2. The number of anilines is 8. The molecule has 0 saturated heterocycles. The highest BCUT2D eigenvalue weighted by Gasteiger charge is 2.47. The van der Waals surface area contributed by atoms with Gasteiger partial charge in [-0.05, 0) is 224 Å². The van der Waals surface area contributed by atoms with Crippen LogP contribution in [0.1, 0.15) is 323 Å². The first kappa shape index (κ1) is 83.3. The van der Waals surface area contributed by atoms with E-state index in [1.165, 1.54) is 208 Å². The Kier molecular flexibility index (Phi) is 26.1. The minimum atomic E-state index is -0.384. The number of hydrogen-bond donors (Lipinski definition) is 0. The van der Waals surface area contributed by atoms with Gasteiger partial charge in [0.1, 0.15) is 0 Å². The number of benzene rings is 13. The topological polar surface area (TPSA) is 81.2 Å². The molecule has 4 amide bonds. The summed E-state index contributed by atoms with van der Waals surface area (Å²) in [6.45, 7) is 9.16. The standard InChI is InChI=1S/C114H124N4O4/c1-5-9-13-17-21-25-29-45-73-113(74-46-30-26-22-18-14-10-6-2)101-77-85(115(81-49-37-33-38-50-81)82-51-39-34-40-52-82)57-61-89(101)91-63-59-87(79-103(91)113)117-109(119)97-69-65-93-95-67-71-99-108-100(72-68-96(106(95)108)94-66-70-98(110(117)120)107(97)105(93)94)112(122)118(111(99)121)88-60-64-92-90-62-58-86(116(83-53-41-35-42-54-83)84-55-43-36-44-56-84)78-102(90)114(104(92)80-88,75-47-31-27-23-19-15-11-7-3)76-48-32-28-24-20-16-12-8-4/h33-44,49-72,77-80H,5-32,45-48,73-76H2,1-4H3. The maximum absolute atomic E-state index is 16.0. The van der Waals surface area contributed by atoms with Crippen LogP contribution < -0.4 is 19.6 Å². The summed E-state index contributed by atoms with van der Waals surface area (Å²) >= 11 is 0. The Balaban J connectivity index is 0.720. The Morgan fingerprint density at radius 1 is 0.213 bits per heavy atom. The first-order valence-corrected chi connectivity index (χ1v) is 47.5. The third kappa shape index (κ3) is 16.1. The molecule has 0 spiro atoms. The molecule has 0 atom stereocenters. The van der Waals surface area contributed by atoms with Gasteiger partial charge in [-0.1, -0.05) is 354 Å². The second kappa shape index (κ2) is 38.2. The van der Waals surface area contributed by atoms with Crippen LogP contribution in [0.3, 0.4) is 0 Å². The predicted molar refractivity (Wildman–Crippen MR) is 514 cm³/mol. The average molecular weight is 1610 g/mol. The molecule has 0 N–H and O–H groups in total. The molecule has 122 heavy (non-hydrogen) atoms. The zero-order chi connectivity index (χ0) is 83.5. The summed E-state index contributed by atoms with van der Waals surface area (Å²) in [4.78, 5) is 71.7. The van der Waals surface area contributed by atoms with Crippen molar-refractivity contribution in [3.05, 3.63) is 287 Å². The molecule has 2 heterocycles. The molecule has 13 aromatic carbocycles. The zero-order valence-electron chi connectivity index (χ0n) is 73.0. The van der Waals surface area contributed by atoms with E-state index in [0.29, 0.717) is 44.4 Å². The van der Waals surface area contributed by atoms with Gasteiger partial charge in [0.05, 0.1) is 11.4 Å². The van der Waals surface area contributed by atoms with E-state index in [1.54, 1.807) is 0 Å². The van der Waals surface area contributed by atoms with Gasteiger partial charge in [0.15, 0.2) is 0 Å². The molecule has 8 nitrogen and oxygen atoms in total. The van der Waals surface area contributed by atoms with E-state index in [2.05, 4.69) is 219 Å². The van der Waals surface area contributed by atoms with Crippen LogP contribution in [0.2, 0.25) is 0 Å². The second-order valence-electron chi connectivity index (χ2n) is 36.0. The van der Waals surface area contributed by atoms with Gasteiger partial charge in [-0.25, -0.2) is 9.80 Å². The Hall–Kier alpha value is -11.0. The van der Waals surface area contributed by atoms with Crippen molar-refractivity contribution in [2.24, 2.45) is 0 Å². The lowest BCUT2D eigenvalue weighted by Gasteiger charge is -2.35. The van der Waals surface area contributed by atoms with E-state index in [-0.39, 0.29) is 34.5 Å². The second-order valence-corrected chi connectivity index (χ2v) is 36.0. The molecule has 13 aromatic rings. The minimum absolute atomic E-state index is 0.342. The van der Waals surface area contributed by atoms with Gasteiger partial charge < -0.3 is 9.80 Å². The van der Waals surface area contributed by atoms with Crippen LogP contribution in [-0.2, 0) is 10.8 Å². The zero-order valence-corrected chi connectivity index (χ0v) is 73.0. The van der Waals surface area contributed by atoms with E-state index in [9.17, 15) is 0 Å². The monoisotopic (exact) mass is 1610 g/mol. The van der Waals surface area contributed by atoms with Crippen molar-refractivity contribution >= 4 is 112 Å². The molecular formula is C114H124N4O4. The summed E-state index contributed by atoms with van der Waals surface area (Å²) in [6.07, 6.45) is 43.0. The van der Waals surface area contributed by atoms with Gasteiger partial charge in [-0.3, -0.25) is 19.2 Å². The number of carbonyl (C=O) groups is 4. The van der Waals surface area contributed by atoms with E-state index in [0.717, 1.165) is 143 Å². The lowest BCUT2D eigenvalue weighted by molar-refractivity contribution is 0.0877. The summed E-state index contributed by atoms with van der Waals surface area (Å²) in [5.74, 6) is -1.37. The van der Waals surface area contributed by atoms with Gasteiger partial charge in [-0.15, -0.1) is 0 Å². The molecule has 0 aromatic heterocycles. The fourth-order valence-electron chi connectivity index (χ4n) is 22.0. The largest absolute Gasteiger partial charge is 0.310 e. The maximum Gasteiger partial charge on any atom is 0.265 e. The number of fused-ring (bicyclic) bond motifs is 8. The predicted octanol–water partition coefficient (Wildman–Crippen LogP) is 32.9. The Labute approximate surface area is 725 Å². The van der Waals surface area contributed by atoms with Crippen LogP contribution >= 0.6 is 0 Å². The Morgan fingerprint density at radius 3 is 0.689 bits per heavy atom. The van der Waals surface area contributed by atoms with Gasteiger partial charge in [0.25, 0.3) is 23.6 Å². The van der Waals surface area contributed by atoms with E-state index in [1.807, 2.05) is 60.7 Å². The summed E-state index contributed by atoms with van der Waals surface area (Å²) in [6, 6.07) is 86.0. The summed E-state index contributed by atoms with van der Waals surface area (Å²) in [5, 5.41) is 6.44. The average Bonchev–Trinajstić information content (AvgIpc) is 0.957. The molecule has 0 bridgehead atoms. The molecule has 0 fully saturated rings. The molecule has 0 radical (unpaired) electrons. The van der Waals surface area contributed by atoms with Crippen LogP contribution in [0.4, 0.5) is 45.5 Å². The molecule has 2 aliphatic heterocycles. The van der Waals surface area contributed by atoms with Gasteiger partial charge in [0, 0.05) is 78.0 Å². The molecule has 8 heteroatoms. The number of carbonyl (C=O) groups excluding carboxylic acids is 4. The van der Waals surface area contributed by atoms with Crippen LogP contribution in [0.15, 0.2) is 243 Å². The van der Waals surface area contributed by atoms with Crippen molar-refractivity contribution in [1.82, 2.24) is 0 Å². The smallest absolute Gasteiger partial charge is 0.265 e. The van der Waals surface area contributed by atoms with Crippen LogP contribution in [0, 0.1) is 0 Å². The van der Waals surface area contributed by atoms with Crippen molar-refractivity contribution in [1.29, 1.82) is 0 Å². The number of rotatable bonds is 44. The number of amides is 4. The lowest BCUT2D eigenvalue weighted by Crippen LogP contribution is -2.41. The van der Waals surface area contributed by atoms with Crippen LogP contribution in [0.25, 0.3) is 65.3 Å². The quantitative estimate of drug-likeness (QED) is 0.0164. The van der Waals surface area contributed by atoms with Gasteiger partial charge in [-0.2, -0.15) is 0 Å². The van der Waals surface area contributed by atoms with Crippen molar-refractivity contribution in [3.8, 4) is 22.3 Å². The first-order chi connectivity index (χ1) is 60.1. The SMILES string of the molecule is CCCCCCCCCCC1(CCCCCCCCCC)c2cc(N3C(=O)c4ccc5c6ccc7c8c(ccc(c9ccc(c4c59)C3=O)c86)C(=O)N(c3ccc4c(c3)C(CCCCCCCCCC)(CCCCCCCCCC)c3cc(N(c5ccccc5)c5ccccc5)ccc3-4)C7=O)ccc2-c2ccc(N(c3ccccc3)c3ccccc3)cc21. The number of unbranched alkanes of at least 4 members (excludes halogenated alkanes) is 28. The van der Waals surface area contributed by atoms with Crippen molar-refractivity contribution < 1.29 is 19.2 Å². The number of imide groups is 2. The summed E-state index contributed by atoms with van der Waals surface area (Å²) in [5.41, 5.74) is 18.9. The Bertz CT molecular complexity index is 5270. The molecule has 0 unspecified atom stereocenters. The van der Waals surface area contributed by atoms with E-state index < -0.39 is 0 Å². The van der Waals surface area contributed by atoms with Crippen LogP contribution in [-0.4, -0.2) is 23.6 Å². The minimum Gasteiger partial charge on any atom is -0.310 e. The van der Waals surface area contributed by atoms with Crippen LogP contribution in [0.5, 0.6) is 0 Å². The molecule has 2 aliphatic carbocycles. The lowest BCUT2D eigenvalue weighted by atomic mass is 9.70. The first-order valence-electron chi connectivity index (χ1n) is 47.5. The normalized spacial score (nSPS) is 14.1. The van der Waals surface area contributed by atoms with Crippen molar-refractivity contribution in [3.63, 3.8) is 0 Å². The summed E-state index contributed by atoms with van der Waals surface area (Å²) in [7, 11) is 0. The fourth-order valence-corrected chi connectivity index (χ4v) is 22.0. The highest BCUT2D eigenvalue weighted by atomic mass is 16.2. The number of nitrogens with zero attached hydrogens (tertiary/aromatic N) is 4. The molecule has 0 saturated carbocycles. The van der Waals surface area contributed by atoms with Gasteiger partial charge in [0.2, 0.25) is 0 Å². The summed E-state index contributed by atoms with van der Waals surface area (Å²) < 4.78 is 0. The maximum atomic E-state index is 16.0. The van der Waals surface area contributed by atoms with Crippen molar-refractivity contribution in [2.45, 2.75) is 270 Å². The molecule has 624 valence electrons. The molecule has 17 rings (SSSR count). The third-order valence-corrected chi connectivity index (χ3v) is 28.2.